The molecule has 1 atom stereocenters. The van der Waals surface area contributed by atoms with Gasteiger partial charge in [0.2, 0.25) is 0 Å². The molecule has 0 saturated carbocycles. The smallest absolute Gasteiger partial charge is 0.131 e. The summed E-state index contributed by atoms with van der Waals surface area (Å²) in [7, 11) is 3.89. The summed E-state index contributed by atoms with van der Waals surface area (Å²) in [6.07, 6.45) is 0.508. The minimum atomic E-state index is 0.0641. The number of carbonyl (C=O) groups excluding carboxylic acids is 1. The summed E-state index contributed by atoms with van der Waals surface area (Å²) >= 11 is 0. The molecule has 4 nitrogen and oxygen atoms in total. The van der Waals surface area contributed by atoms with Gasteiger partial charge < -0.3 is 9.88 Å². The van der Waals surface area contributed by atoms with Crippen LogP contribution in [0, 0.1) is 6.92 Å². The third-order valence-electron chi connectivity index (χ3n) is 3.37. The molecule has 2 aromatic rings. The molecule has 4 heteroatoms. The maximum absolute atomic E-state index is 11.2. The standard InChI is InChI=1S/C14H19N3O/c1-9(18)7-12(15-3)11-5-6-14-13(8-11)16-10(2)17(14)4/h5-6,8,12,15H,7H2,1-4H3. The molecule has 0 bridgehead atoms. The van der Waals surface area contributed by atoms with Crippen LogP contribution in [-0.2, 0) is 11.8 Å². The predicted molar refractivity (Wildman–Crippen MR) is 72.5 cm³/mol. The number of carbonyl (C=O) groups is 1. The van der Waals surface area contributed by atoms with Crippen molar-refractivity contribution < 1.29 is 4.79 Å². The molecule has 0 spiro atoms. The molecule has 1 aromatic carbocycles. The molecule has 0 fully saturated rings. The van der Waals surface area contributed by atoms with Crippen LogP contribution in [0.5, 0.6) is 0 Å². The first-order valence-corrected chi connectivity index (χ1v) is 6.12. The molecule has 1 unspecified atom stereocenters. The van der Waals surface area contributed by atoms with Crippen molar-refractivity contribution in [2.45, 2.75) is 26.3 Å². The molecule has 2 rings (SSSR count). The van der Waals surface area contributed by atoms with Crippen LogP contribution in [0.3, 0.4) is 0 Å². The average Bonchev–Trinajstić information content (AvgIpc) is 2.61. The SMILES string of the molecule is CNC(CC(C)=O)c1ccc2c(c1)nc(C)n2C. The van der Waals surface area contributed by atoms with Crippen molar-refractivity contribution in [1.82, 2.24) is 14.9 Å². The van der Waals surface area contributed by atoms with Gasteiger partial charge in [0.25, 0.3) is 0 Å². The van der Waals surface area contributed by atoms with Crippen LogP contribution in [0.2, 0.25) is 0 Å². The third-order valence-corrected chi connectivity index (χ3v) is 3.37. The predicted octanol–water partition coefficient (Wildman–Crippen LogP) is 2.12. The number of hydrogen-bond donors (Lipinski definition) is 1. The Morgan fingerprint density at radius 2 is 2.22 bits per heavy atom. The first-order chi connectivity index (χ1) is 8.52. The lowest BCUT2D eigenvalue weighted by Gasteiger charge is -2.14. The number of nitrogens with one attached hydrogen (secondary N) is 1. The Balaban J connectivity index is 2.42. The fourth-order valence-corrected chi connectivity index (χ4v) is 2.23. The van der Waals surface area contributed by atoms with E-state index in [-0.39, 0.29) is 11.8 Å². The molecule has 0 aliphatic rings. The molecule has 0 aliphatic heterocycles. The third kappa shape index (κ3) is 2.29. The molecule has 1 N–H and O–H groups in total. The second-order valence-electron chi connectivity index (χ2n) is 4.71. The van der Waals surface area contributed by atoms with E-state index in [1.807, 2.05) is 21.0 Å². The zero-order valence-corrected chi connectivity index (χ0v) is 11.3. The van der Waals surface area contributed by atoms with E-state index in [0.29, 0.717) is 6.42 Å². The van der Waals surface area contributed by atoms with E-state index in [1.165, 1.54) is 0 Å². The second-order valence-corrected chi connectivity index (χ2v) is 4.71. The van der Waals surface area contributed by atoms with Crippen LogP contribution in [0.1, 0.15) is 30.8 Å². The van der Waals surface area contributed by atoms with Crippen LogP contribution in [0.25, 0.3) is 11.0 Å². The molecule has 96 valence electrons. The summed E-state index contributed by atoms with van der Waals surface area (Å²) < 4.78 is 2.07. The highest BCUT2D eigenvalue weighted by Crippen LogP contribution is 2.22. The first kappa shape index (κ1) is 12.8. The summed E-state index contributed by atoms with van der Waals surface area (Å²) in [5.41, 5.74) is 3.21. The van der Waals surface area contributed by atoms with E-state index in [4.69, 9.17) is 0 Å². The van der Waals surface area contributed by atoms with Crippen LogP contribution in [0.4, 0.5) is 0 Å². The fourth-order valence-electron chi connectivity index (χ4n) is 2.23. The number of nitrogens with zero attached hydrogens (tertiary/aromatic N) is 2. The van der Waals surface area contributed by atoms with Crippen LogP contribution < -0.4 is 5.32 Å². The Labute approximate surface area is 107 Å². The molecule has 0 amide bonds. The van der Waals surface area contributed by atoms with E-state index in [2.05, 4.69) is 33.1 Å². The number of fused-ring (bicyclic) bond motifs is 1. The van der Waals surface area contributed by atoms with Crippen molar-refractivity contribution in [2.24, 2.45) is 7.05 Å². The summed E-state index contributed by atoms with van der Waals surface area (Å²) in [5.74, 6) is 1.18. The van der Waals surface area contributed by atoms with Gasteiger partial charge in [-0.3, -0.25) is 4.79 Å². The van der Waals surface area contributed by atoms with E-state index < -0.39 is 0 Å². The van der Waals surface area contributed by atoms with Gasteiger partial charge in [-0.05, 0) is 38.6 Å². The van der Waals surface area contributed by atoms with Gasteiger partial charge >= 0.3 is 0 Å². The second kappa shape index (κ2) is 4.90. The number of aromatic nitrogens is 2. The van der Waals surface area contributed by atoms with Gasteiger partial charge in [0.1, 0.15) is 11.6 Å². The van der Waals surface area contributed by atoms with Gasteiger partial charge in [-0.25, -0.2) is 4.98 Å². The summed E-state index contributed by atoms with van der Waals surface area (Å²) in [6.45, 7) is 3.61. The van der Waals surface area contributed by atoms with Gasteiger partial charge in [-0.1, -0.05) is 6.07 Å². The molecular weight excluding hydrogens is 226 g/mol. The number of imidazole rings is 1. The van der Waals surface area contributed by atoms with Crippen molar-refractivity contribution in [3.8, 4) is 0 Å². The normalized spacial score (nSPS) is 12.9. The Bertz CT molecular complexity index is 586. The highest BCUT2D eigenvalue weighted by Gasteiger charge is 2.13. The van der Waals surface area contributed by atoms with Crippen LogP contribution in [-0.4, -0.2) is 22.4 Å². The van der Waals surface area contributed by atoms with Crippen molar-refractivity contribution in [2.75, 3.05) is 7.05 Å². The van der Waals surface area contributed by atoms with Crippen molar-refractivity contribution in [1.29, 1.82) is 0 Å². The average molecular weight is 245 g/mol. The maximum atomic E-state index is 11.2. The maximum Gasteiger partial charge on any atom is 0.131 e. The van der Waals surface area contributed by atoms with Crippen LogP contribution in [0.15, 0.2) is 18.2 Å². The molecular formula is C14H19N3O. The lowest BCUT2D eigenvalue weighted by molar-refractivity contribution is -0.117. The number of rotatable bonds is 4. The van der Waals surface area contributed by atoms with E-state index in [9.17, 15) is 4.79 Å². The Hall–Kier alpha value is -1.68. The zero-order valence-electron chi connectivity index (χ0n) is 11.3. The van der Waals surface area contributed by atoms with Crippen LogP contribution >= 0.6 is 0 Å². The largest absolute Gasteiger partial charge is 0.331 e. The molecule has 18 heavy (non-hydrogen) atoms. The molecule has 0 aliphatic carbocycles. The van der Waals surface area contributed by atoms with Crippen molar-refractivity contribution >= 4 is 16.8 Å². The number of hydrogen-bond acceptors (Lipinski definition) is 3. The lowest BCUT2D eigenvalue weighted by Crippen LogP contribution is -2.18. The number of ketones is 1. The molecule has 1 aromatic heterocycles. The quantitative estimate of drug-likeness (QED) is 0.897. The number of aryl methyl sites for hydroxylation is 2. The summed E-state index contributed by atoms with van der Waals surface area (Å²) in [4.78, 5) is 15.8. The van der Waals surface area contributed by atoms with E-state index >= 15 is 0 Å². The Morgan fingerprint density at radius 1 is 1.50 bits per heavy atom. The highest BCUT2D eigenvalue weighted by molar-refractivity contribution is 5.78. The van der Waals surface area contributed by atoms with Crippen molar-refractivity contribution in [3.05, 3.63) is 29.6 Å². The van der Waals surface area contributed by atoms with Crippen molar-refractivity contribution in [3.63, 3.8) is 0 Å². The van der Waals surface area contributed by atoms with Gasteiger partial charge in [-0.15, -0.1) is 0 Å². The Kier molecular flexibility index (Phi) is 3.48. The van der Waals surface area contributed by atoms with Gasteiger partial charge in [0.05, 0.1) is 11.0 Å². The van der Waals surface area contributed by atoms with E-state index in [1.54, 1.807) is 6.92 Å². The highest BCUT2D eigenvalue weighted by atomic mass is 16.1. The monoisotopic (exact) mass is 245 g/mol. The molecule has 0 saturated heterocycles. The molecule has 0 radical (unpaired) electrons. The number of Topliss-reactive ketones (excluding diaryl/α,β-unsaturated/α-hetero) is 1. The van der Waals surface area contributed by atoms with E-state index in [0.717, 1.165) is 22.4 Å². The minimum Gasteiger partial charge on any atom is -0.331 e. The zero-order chi connectivity index (χ0) is 13.3. The lowest BCUT2D eigenvalue weighted by atomic mass is 10.0. The van der Waals surface area contributed by atoms with Gasteiger partial charge in [0, 0.05) is 19.5 Å². The van der Waals surface area contributed by atoms with Gasteiger partial charge in [-0.2, -0.15) is 0 Å². The summed E-state index contributed by atoms with van der Waals surface area (Å²) in [5, 5.41) is 3.18. The topological polar surface area (TPSA) is 46.9 Å². The molecule has 1 heterocycles. The fraction of sp³-hybridized carbons (Fsp3) is 0.429. The Morgan fingerprint density at radius 3 is 2.83 bits per heavy atom. The first-order valence-electron chi connectivity index (χ1n) is 6.12. The van der Waals surface area contributed by atoms with Gasteiger partial charge in [0.15, 0.2) is 0 Å². The minimum absolute atomic E-state index is 0.0641. The number of benzene rings is 1. The summed E-state index contributed by atoms with van der Waals surface area (Å²) in [6, 6.07) is 6.25.